The number of methoxy groups -OCH3 is 1. The van der Waals surface area contributed by atoms with Crippen molar-refractivity contribution in [3.05, 3.63) is 12.2 Å². The predicted octanol–water partition coefficient (Wildman–Crippen LogP) is 2.17. The molecule has 3 nitrogen and oxygen atoms in total. The summed E-state index contributed by atoms with van der Waals surface area (Å²) >= 11 is 0. The summed E-state index contributed by atoms with van der Waals surface area (Å²) in [5, 5.41) is 0. The largest absolute Gasteiger partial charge is 0.466 e. The van der Waals surface area contributed by atoms with Gasteiger partial charge in [-0.15, -0.1) is 0 Å². The van der Waals surface area contributed by atoms with Crippen LogP contribution in [0.3, 0.4) is 0 Å². The van der Waals surface area contributed by atoms with Crippen molar-refractivity contribution < 1.29 is 14.3 Å². The quantitative estimate of drug-likeness (QED) is 0.506. The third-order valence-electron chi connectivity index (χ3n) is 1.97. The Balaban J connectivity index is 0.000000791. The molecule has 0 atom stereocenters. The molecule has 0 aromatic carbocycles. The molecule has 1 fully saturated rings. The van der Waals surface area contributed by atoms with Gasteiger partial charge in [0, 0.05) is 19.3 Å². The van der Waals surface area contributed by atoms with E-state index in [0.29, 0.717) is 5.92 Å². The number of hydrogen-bond donors (Lipinski definition) is 0. The standard InChI is InChI=1S/C9H14O3.C2H6/c1-11-9(10)3-2-8-4-6-12-7-5-8;1-2/h2-3,8H,4-7H2,1H3;1-2H3/b3-2+;. The Morgan fingerprint density at radius 1 is 1.36 bits per heavy atom. The maximum Gasteiger partial charge on any atom is 0.330 e. The predicted molar refractivity (Wildman–Crippen MR) is 56.0 cm³/mol. The number of carbonyl (C=O) groups is 1. The van der Waals surface area contributed by atoms with Crippen LogP contribution in [0.15, 0.2) is 12.2 Å². The first-order valence-electron chi connectivity index (χ1n) is 5.17. The van der Waals surface area contributed by atoms with Gasteiger partial charge in [-0.3, -0.25) is 0 Å². The molecule has 1 heterocycles. The Kier molecular flexibility index (Phi) is 8.24. The zero-order valence-electron chi connectivity index (χ0n) is 9.29. The van der Waals surface area contributed by atoms with Crippen LogP contribution in [0.25, 0.3) is 0 Å². The van der Waals surface area contributed by atoms with E-state index >= 15 is 0 Å². The molecular formula is C11H20O3. The average molecular weight is 200 g/mol. The Bertz CT molecular complexity index is 169. The molecule has 14 heavy (non-hydrogen) atoms. The summed E-state index contributed by atoms with van der Waals surface area (Å²) in [6, 6.07) is 0. The van der Waals surface area contributed by atoms with E-state index < -0.39 is 0 Å². The number of esters is 1. The molecule has 0 N–H and O–H groups in total. The van der Waals surface area contributed by atoms with Gasteiger partial charge in [0.05, 0.1) is 7.11 Å². The molecule has 1 saturated heterocycles. The average Bonchev–Trinajstić information content (AvgIpc) is 2.30. The number of carbonyl (C=O) groups excluding carboxylic acids is 1. The lowest BCUT2D eigenvalue weighted by molar-refractivity contribution is -0.134. The highest BCUT2D eigenvalue weighted by Crippen LogP contribution is 2.15. The Hall–Kier alpha value is -0.830. The molecule has 0 aromatic rings. The van der Waals surface area contributed by atoms with Crippen LogP contribution in [0.5, 0.6) is 0 Å². The summed E-state index contributed by atoms with van der Waals surface area (Å²) in [5.74, 6) is 0.208. The minimum atomic E-state index is -0.276. The van der Waals surface area contributed by atoms with Gasteiger partial charge in [0.1, 0.15) is 0 Å². The van der Waals surface area contributed by atoms with Crippen LogP contribution in [0, 0.1) is 5.92 Å². The van der Waals surface area contributed by atoms with E-state index in [4.69, 9.17) is 4.74 Å². The molecule has 1 aliphatic heterocycles. The molecule has 0 saturated carbocycles. The van der Waals surface area contributed by atoms with Gasteiger partial charge in [0.25, 0.3) is 0 Å². The van der Waals surface area contributed by atoms with E-state index in [-0.39, 0.29) is 5.97 Å². The molecule has 0 bridgehead atoms. The highest BCUT2D eigenvalue weighted by atomic mass is 16.5. The topological polar surface area (TPSA) is 35.5 Å². The summed E-state index contributed by atoms with van der Waals surface area (Å²) < 4.78 is 9.67. The van der Waals surface area contributed by atoms with E-state index in [1.54, 1.807) is 0 Å². The zero-order valence-corrected chi connectivity index (χ0v) is 9.29. The molecule has 0 amide bonds. The summed E-state index contributed by atoms with van der Waals surface area (Å²) in [5.41, 5.74) is 0. The maximum atomic E-state index is 10.7. The van der Waals surface area contributed by atoms with Crippen molar-refractivity contribution in [3.8, 4) is 0 Å². The SMILES string of the molecule is CC.COC(=O)/C=C/C1CCOCC1. The first kappa shape index (κ1) is 13.2. The van der Waals surface area contributed by atoms with Crippen molar-refractivity contribution in [1.29, 1.82) is 0 Å². The summed E-state index contributed by atoms with van der Waals surface area (Å²) in [4.78, 5) is 10.7. The molecule has 1 rings (SSSR count). The summed E-state index contributed by atoms with van der Waals surface area (Å²) in [6.07, 6.45) is 5.42. The Morgan fingerprint density at radius 3 is 2.43 bits per heavy atom. The van der Waals surface area contributed by atoms with E-state index in [9.17, 15) is 4.79 Å². The molecular weight excluding hydrogens is 180 g/mol. The lowest BCUT2D eigenvalue weighted by Crippen LogP contribution is -2.13. The van der Waals surface area contributed by atoms with Crippen molar-refractivity contribution in [2.24, 2.45) is 5.92 Å². The van der Waals surface area contributed by atoms with Crippen molar-refractivity contribution >= 4 is 5.97 Å². The molecule has 3 heteroatoms. The molecule has 0 radical (unpaired) electrons. The number of hydrogen-bond acceptors (Lipinski definition) is 3. The van der Waals surface area contributed by atoms with Crippen molar-refractivity contribution in [2.75, 3.05) is 20.3 Å². The van der Waals surface area contributed by atoms with Crippen molar-refractivity contribution in [3.63, 3.8) is 0 Å². The Morgan fingerprint density at radius 2 is 1.93 bits per heavy atom. The van der Waals surface area contributed by atoms with Gasteiger partial charge in [-0.2, -0.15) is 0 Å². The maximum absolute atomic E-state index is 10.7. The fourth-order valence-corrected chi connectivity index (χ4v) is 1.19. The lowest BCUT2D eigenvalue weighted by Gasteiger charge is -2.18. The fourth-order valence-electron chi connectivity index (χ4n) is 1.19. The minimum absolute atomic E-state index is 0.276. The second-order valence-electron chi connectivity index (χ2n) is 2.83. The van der Waals surface area contributed by atoms with Gasteiger partial charge in [-0.1, -0.05) is 19.9 Å². The molecule has 0 aromatic heterocycles. The first-order valence-corrected chi connectivity index (χ1v) is 5.17. The van der Waals surface area contributed by atoms with Crippen LogP contribution in [-0.4, -0.2) is 26.3 Å². The zero-order chi connectivity index (χ0) is 10.8. The monoisotopic (exact) mass is 200 g/mol. The van der Waals surface area contributed by atoms with Gasteiger partial charge < -0.3 is 9.47 Å². The third kappa shape index (κ3) is 5.75. The minimum Gasteiger partial charge on any atom is -0.466 e. The second-order valence-corrected chi connectivity index (χ2v) is 2.83. The summed E-state index contributed by atoms with van der Waals surface area (Å²) in [7, 11) is 1.39. The van der Waals surface area contributed by atoms with Gasteiger partial charge in [-0.05, 0) is 18.8 Å². The van der Waals surface area contributed by atoms with Crippen molar-refractivity contribution in [2.45, 2.75) is 26.7 Å². The summed E-state index contributed by atoms with van der Waals surface area (Å²) in [6.45, 7) is 5.60. The van der Waals surface area contributed by atoms with E-state index in [1.807, 2.05) is 19.9 Å². The van der Waals surface area contributed by atoms with E-state index in [1.165, 1.54) is 13.2 Å². The van der Waals surface area contributed by atoms with Crippen LogP contribution in [0.2, 0.25) is 0 Å². The normalized spacial score (nSPS) is 17.4. The van der Waals surface area contributed by atoms with Gasteiger partial charge >= 0.3 is 5.97 Å². The molecule has 0 unspecified atom stereocenters. The molecule has 82 valence electrons. The number of allylic oxidation sites excluding steroid dienone is 1. The van der Waals surface area contributed by atoms with Crippen LogP contribution in [0.4, 0.5) is 0 Å². The molecule has 0 spiro atoms. The van der Waals surface area contributed by atoms with Gasteiger partial charge in [0.2, 0.25) is 0 Å². The van der Waals surface area contributed by atoms with Crippen LogP contribution in [-0.2, 0) is 14.3 Å². The van der Waals surface area contributed by atoms with Crippen molar-refractivity contribution in [1.82, 2.24) is 0 Å². The van der Waals surface area contributed by atoms with Gasteiger partial charge in [0.15, 0.2) is 0 Å². The highest BCUT2D eigenvalue weighted by molar-refractivity contribution is 5.81. The Labute approximate surface area is 86.1 Å². The second kappa shape index (κ2) is 8.75. The highest BCUT2D eigenvalue weighted by Gasteiger charge is 2.10. The van der Waals surface area contributed by atoms with Crippen LogP contribution < -0.4 is 0 Å². The number of rotatable bonds is 2. The smallest absolute Gasteiger partial charge is 0.330 e. The van der Waals surface area contributed by atoms with Crippen LogP contribution >= 0.6 is 0 Å². The fraction of sp³-hybridized carbons (Fsp3) is 0.727. The van der Waals surface area contributed by atoms with E-state index in [2.05, 4.69) is 4.74 Å². The molecule has 1 aliphatic rings. The van der Waals surface area contributed by atoms with Crippen LogP contribution in [0.1, 0.15) is 26.7 Å². The lowest BCUT2D eigenvalue weighted by atomic mass is 10.00. The first-order chi connectivity index (χ1) is 6.83. The van der Waals surface area contributed by atoms with E-state index in [0.717, 1.165) is 26.1 Å². The third-order valence-corrected chi connectivity index (χ3v) is 1.97. The molecule has 0 aliphatic carbocycles. The van der Waals surface area contributed by atoms with Gasteiger partial charge in [-0.25, -0.2) is 4.79 Å². The number of ether oxygens (including phenoxy) is 2.